The molecule has 4 rings (SSSR count). The third-order valence-electron chi connectivity index (χ3n) is 4.66. The Balaban J connectivity index is 1.95. The summed E-state index contributed by atoms with van der Waals surface area (Å²) in [7, 11) is 0. The SMILES string of the molecule is NCC12C[C@H]3C[C@@H](CC(N)(C3)C1)C2. The predicted molar refractivity (Wildman–Crippen MR) is 53.1 cm³/mol. The van der Waals surface area contributed by atoms with Crippen LogP contribution < -0.4 is 11.5 Å². The molecule has 0 radical (unpaired) electrons. The molecule has 4 saturated carbocycles. The molecule has 0 aromatic heterocycles. The molecule has 0 aliphatic heterocycles. The Morgan fingerprint density at radius 1 is 1.08 bits per heavy atom. The molecule has 0 unspecified atom stereocenters. The Morgan fingerprint density at radius 3 is 2.15 bits per heavy atom. The van der Waals surface area contributed by atoms with Gasteiger partial charge < -0.3 is 11.5 Å². The van der Waals surface area contributed by atoms with Crippen molar-refractivity contribution < 1.29 is 0 Å². The molecule has 0 amide bonds. The first-order chi connectivity index (χ1) is 6.13. The Kier molecular flexibility index (Phi) is 1.45. The van der Waals surface area contributed by atoms with Crippen LogP contribution in [0.3, 0.4) is 0 Å². The maximum absolute atomic E-state index is 6.43. The molecular formula is C11H20N2. The predicted octanol–water partition coefficient (Wildman–Crippen LogP) is 1.24. The summed E-state index contributed by atoms with van der Waals surface area (Å²) in [5.74, 6) is 1.82. The molecule has 2 atom stereocenters. The topological polar surface area (TPSA) is 52.0 Å². The molecular weight excluding hydrogens is 160 g/mol. The Morgan fingerprint density at radius 2 is 1.69 bits per heavy atom. The summed E-state index contributed by atoms with van der Waals surface area (Å²) in [6.45, 7) is 0.874. The molecule has 0 heterocycles. The molecule has 4 bridgehead atoms. The van der Waals surface area contributed by atoms with Gasteiger partial charge in [-0.25, -0.2) is 0 Å². The molecule has 0 saturated heterocycles. The van der Waals surface area contributed by atoms with Crippen LogP contribution in [0.25, 0.3) is 0 Å². The second-order valence-corrected chi connectivity index (χ2v) is 6.03. The monoisotopic (exact) mass is 180 g/mol. The summed E-state index contributed by atoms with van der Waals surface area (Å²) < 4.78 is 0. The van der Waals surface area contributed by atoms with Gasteiger partial charge in [0.15, 0.2) is 0 Å². The minimum absolute atomic E-state index is 0.184. The third kappa shape index (κ3) is 1.08. The summed E-state index contributed by atoms with van der Waals surface area (Å²) in [5.41, 5.74) is 13.0. The van der Waals surface area contributed by atoms with Crippen LogP contribution in [0.1, 0.15) is 38.5 Å². The van der Waals surface area contributed by atoms with Gasteiger partial charge in [-0.3, -0.25) is 0 Å². The maximum atomic E-state index is 6.43. The zero-order valence-corrected chi connectivity index (χ0v) is 8.26. The van der Waals surface area contributed by atoms with Crippen LogP contribution in [-0.2, 0) is 0 Å². The van der Waals surface area contributed by atoms with E-state index in [1.54, 1.807) is 0 Å². The van der Waals surface area contributed by atoms with E-state index in [1.807, 2.05) is 0 Å². The minimum atomic E-state index is 0.184. The van der Waals surface area contributed by atoms with Crippen molar-refractivity contribution in [1.29, 1.82) is 0 Å². The summed E-state index contributed by atoms with van der Waals surface area (Å²) >= 11 is 0. The highest BCUT2D eigenvalue weighted by Crippen LogP contribution is 2.60. The van der Waals surface area contributed by atoms with E-state index in [0.717, 1.165) is 18.4 Å². The number of nitrogens with two attached hydrogens (primary N) is 2. The number of hydrogen-bond acceptors (Lipinski definition) is 2. The average Bonchev–Trinajstić information content (AvgIpc) is 1.99. The Bertz CT molecular complexity index is 222. The van der Waals surface area contributed by atoms with Crippen LogP contribution in [0, 0.1) is 17.3 Å². The first-order valence-electron chi connectivity index (χ1n) is 5.62. The van der Waals surface area contributed by atoms with Gasteiger partial charge >= 0.3 is 0 Å². The average molecular weight is 180 g/mol. The quantitative estimate of drug-likeness (QED) is 0.638. The summed E-state index contributed by atoms with van der Waals surface area (Å²) in [6, 6.07) is 0. The third-order valence-corrected chi connectivity index (χ3v) is 4.66. The van der Waals surface area contributed by atoms with Crippen LogP contribution in [0.2, 0.25) is 0 Å². The summed E-state index contributed by atoms with van der Waals surface area (Å²) in [5, 5.41) is 0. The molecule has 2 nitrogen and oxygen atoms in total. The van der Waals surface area contributed by atoms with Gasteiger partial charge in [0, 0.05) is 5.54 Å². The van der Waals surface area contributed by atoms with Crippen LogP contribution in [0.5, 0.6) is 0 Å². The van der Waals surface area contributed by atoms with Crippen LogP contribution >= 0.6 is 0 Å². The van der Waals surface area contributed by atoms with E-state index < -0.39 is 0 Å². The van der Waals surface area contributed by atoms with Crippen molar-refractivity contribution in [2.45, 2.75) is 44.1 Å². The van der Waals surface area contributed by atoms with Gasteiger partial charge in [0.05, 0.1) is 0 Å². The molecule has 74 valence electrons. The summed E-state index contributed by atoms with van der Waals surface area (Å²) in [4.78, 5) is 0. The molecule has 0 aromatic rings. The largest absolute Gasteiger partial charge is 0.330 e. The maximum Gasteiger partial charge on any atom is 0.0165 e. The van der Waals surface area contributed by atoms with Crippen molar-refractivity contribution in [2.75, 3.05) is 6.54 Å². The molecule has 4 N–H and O–H groups in total. The Labute approximate surface area is 80.1 Å². The van der Waals surface area contributed by atoms with Crippen molar-refractivity contribution in [3.05, 3.63) is 0 Å². The highest BCUT2D eigenvalue weighted by Gasteiger charge is 2.55. The number of hydrogen-bond donors (Lipinski definition) is 2. The van der Waals surface area contributed by atoms with Gasteiger partial charge in [-0.1, -0.05) is 0 Å². The van der Waals surface area contributed by atoms with Gasteiger partial charge in [0.2, 0.25) is 0 Å². The second-order valence-electron chi connectivity index (χ2n) is 6.03. The van der Waals surface area contributed by atoms with Gasteiger partial charge in [-0.05, 0) is 62.3 Å². The van der Waals surface area contributed by atoms with Crippen molar-refractivity contribution >= 4 is 0 Å². The highest BCUT2D eigenvalue weighted by molar-refractivity contribution is 5.10. The first kappa shape index (κ1) is 8.25. The minimum Gasteiger partial charge on any atom is -0.330 e. The zero-order valence-electron chi connectivity index (χ0n) is 8.26. The van der Waals surface area contributed by atoms with Gasteiger partial charge in [-0.2, -0.15) is 0 Å². The van der Waals surface area contributed by atoms with E-state index in [4.69, 9.17) is 11.5 Å². The summed E-state index contributed by atoms with van der Waals surface area (Å²) in [6.07, 6.45) is 7.97. The van der Waals surface area contributed by atoms with Gasteiger partial charge in [0.1, 0.15) is 0 Å². The van der Waals surface area contributed by atoms with E-state index in [1.165, 1.54) is 38.5 Å². The van der Waals surface area contributed by atoms with Crippen LogP contribution in [0.15, 0.2) is 0 Å². The molecule has 0 spiro atoms. The van der Waals surface area contributed by atoms with E-state index in [0.29, 0.717) is 5.41 Å². The van der Waals surface area contributed by atoms with Crippen molar-refractivity contribution in [1.82, 2.24) is 0 Å². The van der Waals surface area contributed by atoms with Crippen molar-refractivity contribution in [3.8, 4) is 0 Å². The lowest BCUT2D eigenvalue weighted by Crippen LogP contribution is -2.61. The fraction of sp³-hybridized carbons (Fsp3) is 1.00. The Hall–Kier alpha value is -0.0800. The van der Waals surface area contributed by atoms with Crippen LogP contribution in [-0.4, -0.2) is 12.1 Å². The first-order valence-corrected chi connectivity index (χ1v) is 5.62. The fourth-order valence-electron chi connectivity index (χ4n) is 4.76. The second kappa shape index (κ2) is 2.29. The smallest absolute Gasteiger partial charge is 0.0165 e. The normalized spacial score (nSPS) is 58.6. The van der Waals surface area contributed by atoms with E-state index in [-0.39, 0.29) is 5.54 Å². The van der Waals surface area contributed by atoms with Crippen molar-refractivity contribution in [2.24, 2.45) is 28.7 Å². The van der Waals surface area contributed by atoms with Crippen molar-refractivity contribution in [3.63, 3.8) is 0 Å². The molecule has 4 fully saturated rings. The molecule has 0 aromatic carbocycles. The lowest BCUT2D eigenvalue weighted by Gasteiger charge is -2.60. The molecule has 13 heavy (non-hydrogen) atoms. The molecule has 4 aliphatic carbocycles. The zero-order chi connectivity index (χ0) is 9.10. The fourth-order valence-corrected chi connectivity index (χ4v) is 4.76. The van der Waals surface area contributed by atoms with E-state index in [2.05, 4.69) is 0 Å². The lowest BCUT2D eigenvalue weighted by atomic mass is 9.47. The van der Waals surface area contributed by atoms with Gasteiger partial charge in [-0.15, -0.1) is 0 Å². The van der Waals surface area contributed by atoms with E-state index in [9.17, 15) is 0 Å². The van der Waals surface area contributed by atoms with Gasteiger partial charge in [0.25, 0.3) is 0 Å². The molecule has 2 heteroatoms. The number of rotatable bonds is 1. The standard InChI is InChI=1S/C11H20N2/c12-7-10-2-8-1-9(3-10)5-11(13,4-8)6-10/h8-9H,1-7,12-13H2/t8-,9-,10?,11?/m1/s1. The van der Waals surface area contributed by atoms with E-state index >= 15 is 0 Å². The van der Waals surface area contributed by atoms with Crippen LogP contribution in [0.4, 0.5) is 0 Å². The highest BCUT2D eigenvalue weighted by atomic mass is 14.8. The molecule has 4 aliphatic rings. The lowest BCUT2D eigenvalue weighted by molar-refractivity contribution is -0.0615.